The Bertz CT molecular complexity index is 1010. The number of aryl methyl sites for hydroxylation is 1. The van der Waals surface area contributed by atoms with Crippen LogP contribution < -0.4 is 10.5 Å². The van der Waals surface area contributed by atoms with Crippen molar-refractivity contribution in [2.45, 2.75) is 32.4 Å². The van der Waals surface area contributed by atoms with Gasteiger partial charge in [-0.25, -0.2) is 4.98 Å². The average Bonchev–Trinajstić information content (AvgIpc) is 2.64. The Balaban J connectivity index is 1.69. The highest BCUT2D eigenvalue weighted by Gasteiger charge is 2.28. The van der Waals surface area contributed by atoms with Crippen LogP contribution in [0.4, 0.5) is 5.69 Å². The van der Waals surface area contributed by atoms with E-state index in [0.29, 0.717) is 5.52 Å². The van der Waals surface area contributed by atoms with Gasteiger partial charge < -0.3 is 9.47 Å². The first-order valence-electron chi connectivity index (χ1n) is 8.35. The third kappa shape index (κ3) is 2.69. The second kappa shape index (κ2) is 6.12. The highest BCUT2D eigenvalue weighted by molar-refractivity contribution is 5.95. The molecule has 3 aromatic rings. The van der Waals surface area contributed by atoms with Gasteiger partial charge in [0.2, 0.25) is 5.91 Å². The highest BCUT2D eigenvalue weighted by Crippen LogP contribution is 2.30. The van der Waals surface area contributed by atoms with E-state index in [2.05, 4.69) is 16.0 Å². The standard InChI is InChI=1S/C19H18N4O2/c1-13-6-7-14-4-2-3-5-16(14)23(13)17(24)12-22-11-8-15-18(19(22)25)21-10-9-20-15/h2-5,8-11,13H,6-7,12H2,1H3. The van der Waals surface area contributed by atoms with Crippen LogP contribution in [0.5, 0.6) is 0 Å². The zero-order chi connectivity index (χ0) is 17.4. The van der Waals surface area contributed by atoms with E-state index in [1.165, 1.54) is 16.3 Å². The van der Waals surface area contributed by atoms with E-state index in [9.17, 15) is 9.59 Å². The van der Waals surface area contributed by atoms with Gasteiger partial charge in [-0.05, 0) is 37.5 Å². The van der Waals surface area contributed by atoms with Crippen LogP contribution in [0.15, 0.2) is 53.7 Å². The summed E-state index contributed by atoms with van der Waals surface area (Å²) in [7, 11) is 0. The molecule has 0 bridgehead atoms. The van der Waals surface area contributed by atoms with Crippen molar-refractivity contribution < 1.29 is 4.79 Å². The minimum Gasteiger partial charge on any atom is -0.308 e. The fourth-order valence-corrected chi connectivity index (χ4v) is 3.41. The first-order chi connectivity index (χ1) is 12.1. The predicted molar refractivity (Wildman–Crippen MR) is 95.5 cm³/mol. The number of para-hydroxylation sites is 1. The monoisotopic (exact) mass is 334 g/mol. The Morgan fingerprint density at radius 2 is 2.00 bits per heavy atom. The molecule has 1 aliphatic rings. The zero-order valence-electron chi connectivity index (χ0n) is 13.9. The van der Waals surface area contributed by atoms with Gasteiger partial charge in [-0.3, -0.25) is 14.6 Å². The van der Waals surface area contributed by atoms with E-state index in [1.807, 2.05) is 30.0 Å². The lowest BCUT2D eigenvalue weighted by atomic mass is 9.96. The predicted octanol–water partition coefficient (Wildman–Crippen LogP) is 2.16. The Hall–Kier alpha value is -3.02. The second-order valence-electron chi connectivity index (χ2n) is 6.32. The third-order valence-corrected chi connectivity index (χ3v) is 4.70. The van der Waals surface area contributed by atoms with Crippen LogP contribution in [0, 0.1) is 0 Å². The fraction of sp³-hybridized carbons (Fsp3) is 0.263. The van der Waals surface area contributed by atoms with Gasteiger partial charge in [-0.2, -0.15) is 0 Å². The Morgan fingerprint density at radius 3 is 2.88 bits per heavy atom. The van der Waals surface area contributed by atoms with E-state index in [-0.39, 0.29) is 29.6 Å². The van der Waals surface area contributed by atoms with Crippen LogP contribution in [0.2, 0.25) is 0 Å². The van der Waals surface area contributed by atoms with Crippen LogP contribution in [0.3, 0.4) is 0 Å². The smallest absolute Gasteiger partial charge is 0.279 e. The Morgan fingerprint density at radius 1 is 1.20 bits per heavy atom. The average molecular weight is 334 g/mol. The van der Waals surface area contributed by atoms with Crippen LogP contribution in [-0.2, 0) is 17.8 Å². The van der Waals surface area contributed by atoms with Crippen molar-refractivity contribution >= 4 is 22.6 Å². The molecule has 0 saturated heterocycles. The molecule has 0 aliphatic carbocycles. The van der Waals surface area contributed by atoms with Gasteiger partial charge in [-0.15, -0.1) is 0 Å². The van der Waals surface area contributed by atoms with Gasteiger partial charge in [-0.1, -0.05) is 18.2 Å². The van der Waals surface area contributed by atoms with Crippen LogP contribution in [0.25, 0.3) is 11.0 Å². The van der Waals surface area contributed by atoms with Crippen molar-refractivity contribution in [1.82, 2.24) is 14.5 Å². The summed E-state index contributed by atoms with van der Waals surface area (Å²) in [5, 5.41) is 0. The maximum Gasteiger partial charge on any atom is 0.279 e. The van der Waals surface area contributed by atoms with E-state index in [4.69, 9.17) is 0 Å². The lowest BCUT2D eigenvalue weighted by Crippen LogP contribution is -2.44. The van der Waals surface area contributed by atoms with E-state index < -0.39 is 0 Å². The van der Waals surface area contributed by atoms with Gasteiger partial charge in [0.15, 0.2) is 5.52 Å². The first kappa shape index (κ1) is 15.5. The van der Waals surface area contributed by atoms with Gasteiger partial charge in [0.25, 0.3) is 5.56 Å². The van der Waals surface area contributed by atoms with E-state index >= 15 is 0 Å². The van der Waals surface area contributed by atoms with Gasteiger partial charge in [0, 0.05) is 30.3 Å². The summed E-state index contributed by atoms with van der Waals surface area (Å²) in [5.41, 5.74) is 2.64. The maximum absolute atomic E-state index is 13.0. The SMILES string of the molecule is CC1CCc2ccccc2N1C(=O)Cn1ccc2nccnc2c1=O. The summed E-state index contributed by atoms with van der Waals surface area (Å²) in [4.78, 5) is 35.5. The second-order valence-corrected chi connectivity index (χ2v) is 6.32. The molecule has 0 N–H and O–H groups in total. The number of aromatic nitrogens is 3. The van der Waals surface area contributed by atoms with Crippen LogP contribution in [-0.4, -0.2) is 26.5 Å². The summed E-state index contributed by atoms with van der Waals surface area (Å²) in [6, 6.07) is 9.78. The maximum atomic E-state index is 13.0. The molecule has 6 nitrogen and oxygen atoms in total. The molecule has 1 amide bonds. The molecule has 126 valence electrons. The summed E-state index contributed by atoms with van der Waals surface area (Å²) in [6.07, 6.45) is 6.52. The van der Waals surface area contributed by atoms with Crippen LogP contribution in [0.1, 0.15) is 18.9 Å². The Labute approximate surface area is 144 Å². The number of pyridine rings is 1. The molecule has 4 rings (SSSR count). The summed E-state index contributed by atoms with van der Waals surface area (Å²) in [5.74, 6) is -0.0926. The molecule has 0 fully saturated rings. The highest BCUT2D eigenvalue weighted by atomic mass is 16.2. The summed E-state index contributed by atoms with van der Waals surface area (Å²) in [6.45, 7) is 2.03. The largest absolute Gasteiger partial charge is 0.308 e. The Kier molecular flexibility index (Phi) is 3.80. The minimum atomic E-state index is -0.295. The van der Waals surface area contributed by atoms with Gasteiger partial charge in [0.1, 0.15) is 6.54 Å². The van der Waals surface area contributed by atoms with Crippen LogP contribution >= 0.6 is 0 Å². The van der Waals surface area contributed by atoms with E-state index in [1.54, 1.807) is 18.5 Å². The molecule has 25 heavy (non-hydrogen) atoms. The number of hydrogen-bond acceptors (Lipinski definition) is 4. The number of benzene rings is 1. The number of carbonyl (C=O) groups is 1. The van der Waals surface area contributed by atoms with Crippen molar-refractivity contribution in [3.8, 4) is 0 Å². The summed E-state index contributed by atoms with van der Waals surface area (Å²) >= 11 is 0. The van der Waals surface area contributed by atoms with Crippen molar-refractivity contribution in [2.24, 2.45) is 0 Å². The normalized spacial score (nSPS) is 16.7. The molecule has 1 aromatic carbocycles. The fourth-order valence-electron chi connectivity index (χ4n) is 3.41. The molecule has 1 unspecified atom stereocenters. The molecule has 0 spiro atoms. The number of anilines is 1. The molecule has 1 atom stereocenters. The number of rotatable bonds is 2. The summed E-state index contributed by atoms with van der Waals surface area (Å²) < 4.78 is 1.41. The molecular weight excluding hydrogens is 316 g/mol. The zero-order valence-corrected chi connectivity index (χ0v) is 13.9. The quantitative estimate of drug-likeness (QED) is 0.720. The van der Waals surface area contributed by atoms with E-state index in [0.717, 1.165) is 18.5 Å². The molecular formula is C19H18N4O2. The van der Waals surface area contributed by atoms with Crippen molar-refractivity contribution in [2.75, 3.05) is 4.90 Å². The molecule has 3 heterocycles. The molecule has 0 radical (unpaired) electrons. The third-order valence-electron chi connectivity index (χ3n) is 4.70. The van der Waals surface area contributed by atoms with Gasteiger partial charge >= 0.3 is 0 Å². The van der Waals surface area contributed by atoms with Crippen molar-refractivity contribution in [3.05, 3.63) is 64.8 Å². The molecule has 6 heteroatoms. The van der Waals surface area contributed by atoms with Crippen molar-refractivity contribution in [3.63, 3.8) is 0 Å². The number of carbonyl (C=O) groups excluding carboxylic acids is 1. The molecule has 0 saturated carbocycles. The van der Waals surface area contributed by atoms with Crippen molar-refractivity contribution in [1.29, 1.82) is 0 Å². The number of amides is 1. The number of nitrogens with zero attached hydrogens (tertiary/aromatic N) is 4. The first-order valence-corrected chi connectivity index (χ1v) is 8.35. The number of hydrogen-bond donors (Lipinski definition) is 0. The molecule has 1 aliphatic heterocycles. The lowest BCUT2D eigenvalue weighted by molar-refractivity contribution is -0.119. The number of fused-ring (bicyclic) bond motifs is 2. The lowest BCUT2D eigenvalue weighted by Gasteiger charge is -2.35. The van der Waals surface area contributed by atoms with Gasteiger partial charge in [0.05, 0.1) is 5.52 Å². The topological polar surface area (TPSA) is 68.1 Å². The molecule has 2 aromatic heterocycles. The minimum absolute atomic E-state index is 0.00990.